The molecule has 2 rings (SSSR count). The zero-order valence-corrected chi connectivity index (χ0v) is 12.3. The highest BCUT2D eigenvalue weighted by Crippen LogP contribution is 2.02. The van der Waals surface area contributed by atoms with E-state index in [0.29, 0.717) is 6.54 Å². The predicted molar refractivity (Wildman–Crippen MR) is 81.5 cm³/mol. The molecule has 0 fully saturated rings. The number of aliphatic imine (C=N–C) groups is 1. The highest BCUT2D eigenvalue weighted by atomic mass is 19.1. The summed E-state index contributed by atoms with van der Waals surface area (Å²) >= 11 is 0. The van der Waals surface area contributed by atoms with Crippen LogP contribution < -0.4 is 10.6 Å². The average Bonchev–Trinajstić information content (AvgIpc) is 2.90. The number of nitrogens with zero attached hydrogens (tertiary/aromatic N) is 3. The first-order valence-electron chi connectivity index (χ1n) is 6.85. The van der Waals surface area contributed by atoms with Crippen molar-refractivity contribution in [3.63, 3.8) is 0 Å². The lowest BCUT2D eigenvalue weighted by Gasteiger charge is -2.12. The Hall–Kier alpha value is -2.37. The fraction of sp³-hybridized carbons (Fsp3) is 0.333. The molecule has 0 aliphatic rings. The van der Waals surface area contributed by atoms with Gasteiger partial charge in [-0.25, -0.2) is 4.39 Å². The third-order valence-electron chi connectivity index (χ3n) is 3.20. The van der Waals surface area contributed by atoms with Gasteiger partial charge in [-0.2, -0.15) is 5.10 Å². The molecular formula is C15H20FN5. The van der Waals surface area contributed by atoms with Crippen molar-refractivity contribution in [1.82, 2.24) is 20.4 Å². The van der Waals surface area contributed by atoms with Crippen LogP contribution in [0, 0.1) is 5.82 Å². The largest absolute Gasteiger partial charge is 0.356 e. The summed E-state index contributed by atoms with van der Waals surface area (Å²) in [4.78, 5) is 4.17. The molecule has 0 radical (unpaired) electrons. The Kier molecular flexibility index (Phi) is 5.31. The van der Waals surface area contributed by atoms with Crippen LogP contribution in [0.15, 0.2) is 41.5 Å². The van der Waals surface area contributed by atoms with Crippen LogP contribution in [0.1, 0.15) is 11.3 Å². The monoisotopic (exact) mass is 289 g/mol. The smallest absolute Gasteiger partial charge is 0.191 e. The number of hydrogen-bond acceptors (Lipinski definition) is 2. The standard InChI is InChI=1S/C15H20FN5/c1-17-15(19-11-14-8-10-20-21(14)2)18-9-7-12-3-5-13(16)6-4-12/h3-6,8,10H,7,9,11H2,1-2H3,(H2,17,18,19). The number of halogens is 1. The third kappa shape index (κ3) is 4.59. The molecule has 112 valence electrons. The molecule has 6 heteroatoms. The highest BCUT2D eigenvalue weighted by molar-refractivity contribution is 5.79. The SMILES string of the molecule is CN=C(NCCc1ccc(F)cc1)NCc1ccnn1C. The zero-order valence-electron chi connectivity index (χ0n) is 12.3. The summed E-state index contributed by atoms with van der Waals surface area (Å²) in [6.07, 6.45) is 2.58. The quantitative estimate of drug-likeness (QED) is 0.647. The van der Waals surface area contributed by atoms with Gasteiger partial charge in [0.1, 0.15) is 5.82 Å². The van der Waals surface area contributed by atoms with Crippen LogP contribution in [0.2, 0.25) is 0 Å². The van der Waals surface area contributed by atoms with E-state index in [0.717, 1.165) is 30.2 Å². The molecule has 0 atom stereocenters. The second-order valence-electron chi connectivity index (χ2n) is 4.68. The second-order valence-corrected chi connectivity index (χ2v) is 4.68. The average molecular weight is 289 g/mol. The maximum Gasteiger partial charge on any atom is 0.191 e. The summed E-state index contributed by atoms with van der Waals surface area (Å²) < 4.78 is 14.6. The summed E-state index contributed by atoms with van der Waals surface area (Å²) in [6.45, 7) is 1.39. The molecule has 0 unspecified atom stereocenters. The molecule has 0 bridgehead atoms. The van der Waals surface area contributed by atoms with Crippen molar-refractivity contribution in [2.75, 3.05) is 13.6 Å². The van der Waals surface area contributed by atoms with Gasteiger partial charge in [-0.05, 0) is 30.2 Å². The van der Waals surface area contributed by atoms with Gasteiger partial charge in [0.2, 0.25) is 0 Å². The topological polar surface area (TPSA) is 54.2 Å². The number of aryl methyl sites for hydroxylation is 1. The Bertz CT molecular complexity index is 588. The molecule has 21 heavy (non-hydrogen) atoms. The van der Waals surface area contributed by atoms with E-state index in [2.05, 4.69) is 20.7 Å². The maximum absolute atomic E-state index is 12.8. The normalized spacial score (nSPS) is 11.5. The minimum Gasteiger partial charge on any atom is -0.356 e. The van der Waals surface area contributed by atoms with Crippen molar-refractivity contribution in [3.8, 4) is 0 Å². The maximum atomic E-state index is 12.8. The van der Waals surface area contributed by atoms with Gasteiger partial charge in [-0.3, -0.25) is 9.67 Å². The van der Waals surface area contributed by atoms with Crippen molar-refractivity contribution in [2.24, 2.45) is 12.0 Å². The van der Waals surface area contributed by atoms with Crippen LogP contribution >= 0.6 is 0 Å². The van der Waals surface area contributed by atoms with Crippen molar-refractivity contribution in [3.05, 3.63) is 53.6 Å². The number of nitrogens with one attached hydrogen (secondary N) is 2. The molecule has 0 amide bonds. The van der Waals surface area contributed by atoms with Gasteiger partial charge in [0.05, 0.1) is 12.2 Å². The summed E-state index contributed by atoms with van der Waals surface area (Å²) in [7, 11) is 3.64. The Morgan fingerprint density at radius 1 is 1.24 bits per heavy atom. The highest BCUT2D eigenvalue weighted by Gasteiger charge is 2.01. The molecule has 0 saturated carbocycles. The van der Waals surface area contributed by atoms with Gasteiger partial charge in [-0.15, -0.1) is 0 Å². The molecule has 2 N–H and O–H groups in total. The molecule has 2 aromatic rings. The van der Waals surface area contributed by atoms with E-state index >= 15 is 0 Å². The van der Waals surface area contributed by atoms with Crippen molar-refractivity contribution in [2.45, 2.75) is 13.0 Å². The minimum atomic E-state index is -0.208. The van der Waals surface area contributed by atoms with E-state index in [4.69, 9.17) is 0 Å². The van der Waals surface area contributed by atoms with Crippen LogP contribution in [0.25, 0.3) is 0 Å². The molecule has 5 nitrogen and oxygen atoms in total. The van der Waals surface area contributed by atoms with Crippen LogP contribution in [0.4, 0.5) is 4.39 Å². The van der Waals surface area contributed by atoms with Crippen LogP contribution in [0.5, 0.6) is 0 Å². The number of aromatic nitrogens is 2. The van der Waals surface area contributed by atoms with Gasteiger partial charge < -0.3 is 10.6 Å². The third-order valence-corrected chi connectivity index (χ3v) is 3.20. The van der Waals surface area contributed by atoms with Crippen LogP contribution in [0.3, 0.4) is 0 Å². The summed E-state index contributed by atoms with van der Waals surface area (Å²) in [6, 6.07) is 8.50. The van der Waals surface area contributed by atoms with E-state index < -0.39 is 0 Å². The number of rotatable bonds is 5. The summed E-state index contributed by atoms with van der Waals surface area (Å²) in [5.41, 5.74) is 2.17. The van der Waals surface area contributed by atoms with E-state index in [1.807, 2.05) is 17.8 Å². The van der Waals surface area contributed by atoms with Crippen LogP contribution in [-0.2, 0) is 20.0 Å². The predicted octanol–water partition coefficient (Wildman–Crippen LogP) is 1.47. The zero-order chi connectivity index (χ0) is 15.1. The van der Waals surface area contributed by atoms with Gasteiger partial charge >= 0.3 is 0 Å². The molecule has 0 aliphatic heterocycles. The lowest BCUT2D eigenvalue weighted by atomic mass is 10.1. The lowest BCUT2D eigenvalue weighted by Crippen LogP contribution is -2.38. The Labute approximate surface area is 123 Å². The number of guanidine groups is 1. The van der Waals surface area contributed by atoms with E-state index in [1.54, 1.807) is 25.4 Å². The number of benzene rings is 1. The van der Waals surface area contributed by atoms with Gasteiger partial charge in [0.15, 0.2) is 5.96 Å². The summed E-state index contributed by atoms with van der Waals surface area (Å²) in [5.74, 6) is 0.527. The number of hydrogen-bond donors (Lipinski definition) is 2. The van der Waals surface area contributed by atoms with E-state index in [1.165, 1.54) is 12.1 Å². The fourth-order valence-corrected chi connectivity index (χ4v) is 1.95. The van der Waals surface area contributed by atoms with E-state index in [9.17, 15) is 4.39 Å². The first-order chi connectivity index (χ1) is 10.2. The summed E-state index contributed by atoms with van der Waals surface area (Å²) in [5, 5.41) is 10.6. The fourth-order valence-electron chi connectivity index (χ4n) is 1.95. The lowest BCUT2D eigenvalue weighted by molar-refractivity contribution is 0.626. The molecular weight excluding hydrogens is 269 g/mol. The Morgan fingerprint density at radius 3 is 2.62 bits per heavy atom. The second kappa shape index (κ2) is 7.42. The molecule has 1 heterocycles. The van der Waals surface area contributed by atoms with Gasteiger partial charge in [0.25, 0.3) is 0 Å². The van der Waals surface area contributed by atoms with Crippen molar-refractivity contribution >= 4 is 5.96 Å². The minimum absolute atomic E-state index is 0.208. The van der Waals surface area contributed by atoms with Crippen molar-refractivity contribution < 1.29 is 4.39 Å². The van der Waals surface area contributed by atoms with Crippen molar-refractivity contribution in [1.29, 1.82) is 0 Å². The molecule has 0 saturated heterocycles. The molecule has 1 aromatic heterocycles. The Balaban J connectivity index is 1.75. The van der Waals surface area contributed by atoms with Crippen LogP contribution in [-0.4, -0.2) is 29.3 Å². The first-order valence-corrected chi connectivity index (χ1v) is 6.85. The molecule has 0 aliphatic carbocycles. The van der Waals surface area contributed by atoms with E-state index in [-0.39, 0.29) is 5.82 Å². The Morgan fingerprint density at radius 2 is 2.00 bits per heavy atom. The molecule has 1 aromatic carbocycles. The first kappa shape index (κ1) is 15.0. The van der Waals surface area contributed by atoms with Gasteiger partial charge in [0, 0.05) is 26.8 Å². The molecule has 0 spiro atoms. The van der Waals surface area contributed by atoms with Gasteiger partial charge in [-0.1, -0.05) is 12.1 Å².